The molecule has 2 aliphatic heterocycles. The molecule has 32 heavy (non-hydrogen) atoms. The first-order chi connectivity index (χ1) is 15.2. The highest BCUT2D eigenvalue weighted by molar-refractivity contribution is 6.01. The molecule has 0 radical (unpaired) electrons. The number of methoxy groups -OCH3 is 1. The second-order valence-corrected chi connectivity index (χ2v) is 8.84. The van der Waals surface area contributed by atoms with Gasteiger partial charge in [0.25, 0.3) is 0 Å². The molecule has 0 spiro atoms. The predicted octanol–water partition coefficient (Wildman–Crippen LogP) is 0.913. The molecule has 2 heterocycles. The van der Waals surface area contributed by atoms with Crippen LogP contribution in [0.5, 0.6) is 5.75 Å². The van der Waals surface area contributed by atoms with Crippen LogP contribution < -0.4 is 20.7 Å². The molecule has 0 aliphatic carbocycles. The smallest absolute Gasteiger partial charge is 0.245 e. The Morgan fingerprint density at radius 2 is 1.72 bits per heavy atom. The lowest BCUT2D eigenvalue weighted by molar-refractivity contribution is -0.140. The minimum absolute atomic E-state index is 0.0981. The molecule has 2 unspecified atom stereocenters. The molecule has 2 saturated heterocycles. The monoisotopic (exact) mass is 444 g/mol. The number of carbonyl (C=O) groups is 4. The molecular weight excluding hydrogens is 412 g/mol. The highest BCUT2D eigenvalue weighted by Crippen LogP contribution is 2.27. The predicted molar refractivity (Wildman–Crippen MR) is 119 cm³/mol. The van der Waals surface area contributed by atoms with E-state index in [1.807, 2.05) is 13.8 Å². The zero-order chi connectivity index (χ0) is 23.4. The number of nitrogens with zero attached hydrogens (tertiary/aromatic N) is 2. The van der Waals surface area contributed by atoms with Gasteiger partial charge in [-0.15, -0.1) is 0 Å². The average molecular weight is 445 g/mol. The fraction of sp³-hybridized carbons (Fsp3) is 0.565. The number of hydrogen-bond acceptors (Lipinski definition) is 5. The van der Waals surface area contributed by atoms with Crippen molar-refractivity contribution in [3.63, 3.8) is 0 Å². The Labute approximate surface area is 188 Å². The maximum atomic E-state index is 13.1. The number of likely N-dealkylation sites (tertiary alicyclic amines) is 1. The van der Waals surface area contributed by atoms with Crippen LogP contribution in [0.1, 0.15) is 33.1 Å². The first-order valence-electron chi connectivity index (χ1n) is 11.0. The molecule has 9 heteroatoms. The molecule has 3 N–H and O–H groups in total. The van der Waals surface area contributed by atoms with Crippen molar-refractivity contribution >= 4 is 29.3 Å². The molecule has 9 nitrogen and oxygen atoms in total. The summed E-state index contributed by atoms with van der Waals surface area (Å²) in [7, 11) is 1.57. The molecule has 0 aromatic heterocycles. The van der Waals surface area contributed by atoms with Gasteiger partial charge < -0.3 is 25.6 Å². The molecule has 0 bridgehead atoms. The molecule has 0 saturated carbocycles. The highest BCUT2D eigenvalue weighted by atomic mass is 16.5. The SMILES string of the molecule is COc1ccc(N2CC(C(=O)NC(C(=O)N3CCC(C(N)=O)CC3)C(C)C)CC2=O)cc1. The summed E-state index contributed by atoms with van der Waals surface area (Å²) in [6, 6.07) is 6.42. The number of carbonyl (C=O) groups excluding carboxylic acids is 4. The minimum atomic E-state index is -0.683. The lowest BCUT2D eigenvalue weighted by Crippen LogP contribution is -2.54. The molecule has 174 valence electrons. The largest absolute Gasteiger partial charge is 0.497 e. The number of hydrogen-bond donors (Lipinski definition) is 2. The van der Waals surface area contributed by atoms with Gasteiger partial charge in [0.2, 0.25) is 23.6 Å². The van der Waals surface area contributed by atoms with Crippen LogP contribution in [0.3, 0.4) is 0 Å². The van der Waals surface area contributed by atoms with E-state index < -0.39 is 12.0 Å². The third-order valence-electron chi connectivity index (χ3n) is 6.32. The summed E-state index contributed by atoms with van der Waals surface area (Å²) in [6.45, 7) is 4.91. The summed E-state index contributed by atoms with van der Waals surface area (Å²) in [5, 5.41) is 2.88. The van der Waals surface area contributed by atoms with Crippen LogP contribution in [0.25, 0.3) is 0 Å². The normalized spacial score (nSPS) is 20.4. The summed E-state index contributed by atoms with van der Waals surface area (Å²) in [6.07, 6.45) is 1.17. The van der Waals surface area contributed by atoms with E-state index in [0.29, 0.717) is 37.4 Å². The Kier molecular flexibility index (Phi) is 7.37. The Morgan fingerprint density at radius 3 is 2.25 bits per heavy atom. The van der Waals surface area contributed by atoms with Crippen molar-refractivity contribution in [2.75, 3.05) is 31.6 Å². The van der Waals surface area contributed by atoms with Gasteiger partial charge in [0.05, 0.1) is 13.0 Å². The van der Waals surface area contributed by atoms with Crippen LogP contribution in [0.2, 0.25) is 0 Å². The van der Waals surface area contributed by atoms with Gasteiger partial charge in [0, 0.05) is 37.7 Å². The van der Waals surface area contributed by atoms with Gasteiger partial charge in [-0.25, -0.2) is 0 Å². The Bertz CT molecular complexity index is 862. The molecule has 4 amide bonds. The van der Waals surface area contributed by atoms with Gasteiger partial charge in [0.15, 0.2) is 0 Å². The number of ether oxygens (including phenoxy) is 1. The summed E-state index contributed by atoms with van der Waals surface area (Å²) in [5.74, 6) is -1.09. The second-order valence-electron chi connectivity index (χ2n) is 8.84. The van der Waals surface area contributed by atoms with Crippen molar-refractivity contribution in [1.82, 2.24) is 10.2 Å². The van der Waals surface area contributed by atoms with Crippen molar-refractivity contribution < 1.29 is 23.9 Å². The molecule has 1 aromatic carbocycles. The van der Waals surface area contributed by atoms with E-state index in [0.717, 1.165) is 0 Å². The highest BCUT2D eigenvalue weighted by Gasteiger charge is 2.38. The molecular formula is C23H32N4O5. The van der Waals surface area contributed by atoms with Gasteiger partial charge in [-0.05, 0) is 43.0 Å². The topological polar surface area (TPSA) is 122 Å². The number of anilines is 1. The first kappa shape index (κ1) is 23.6. The third-order valence-corrected chi connectivity index (χ3v) is 6.32. The quantitative estimate of drug-likeness (QED) is 0.647. The van der Waals surface area contributed by atoms with Gasteiger partial charge in [-0.2, -0.15) is 0 Å². The summed E-state index contributed by atoms with van der Waals surface area (Å²) >= 11 is 0. The maximum absolute atomic E-state index is 13.1. The fourth-order valence-corrected chi connectivity index (χ4v) is 4.26. The van der Waals surface area contributed by atoms with Gasteiger partial charge >= 0.3 is 0 Å². The van der Waals surface area contributed by atoms with E-state index in [4.69, 9.17) is 10.5 Å². The summed E-state index contributed by atoms with van der Waals surface area (Å²) < 4.78 is 5.15. The van der Waals surface area contributed by atoms with Crippen molar-refractivity contribution in [2.45, 2.75) is 39.2 Å². The Balaban J connectivity index is 1.61. The number of nitrogens with two attached hydrogens (primary N) is 1. The van der Waals surface area contributed by atoms with Gasteiger partial charge in [-0.3, -0.25) is 19.2 Å². The number of primary amides is 1. The lowest BCUT2D eigenvalue weighted by Gasteiger charge is -2.34. The summed E-state index contributed by atoms with van der Waals surface area (Å²) in [5.41, 5.74) is 6.08. The molecule has 2 aliphatic rings. The van der Waals surface area contributed by atoms with Crippen LogP contribution in [0.4, 0.5) is 5.69 Å². The third kappa shape index (κ3) is 5.20. The molecule has 2 atom stereocenters. The average Bonchev–Trinajstić information content (AvgIpc) is 3.18. The number of benzene rings is 1. The van der Waals surface area contributed by atoms with Crippen LogP contribution >= 0.6 is 0 Å². The van der Waals surface area contributed by atoms with E-state index in [1.165, 1.54) is 0 Å². The van der Waals surface area contributed by atoms with Crippen LogP contribution in [0.15, 0.2) is 24.3 Å². The Hall–Kier alpha value is -3.10. The molecule has 2 fully saturated rings. The van der Waals surface area contributed by atoms with Crippen LogP contribution in [-0.4, -0.2) is 61.3 Å². The van der Waals surface area contributed by atoms with Crippen molar-refractivity contribution in [3.05, 3.63) is 24.3 Å². The van der Waals surface area contributed by atoms with Gasteiger partial charge in [-0.1, -0.05) is 13.8 Å². The Morgan fingerprint density at radius 1 is 1.09 bits per heavy atom. The van der Waals surface area contributed by atoms with Crippen LogP contribution in [-0.2, 0) is 19.2 Å². The minimum Gasteiger partial charge on any atom is -0.497 e. The molecule has 1 aromatic rings. The zero-order valence-corrected chi connectivity index (χ0v) is 18.9. The molecule has 3 rings (SSSR count). The number of piperidine rings is 1. The first-order valence-corrected chi connectivity index (χ1v) is 11.0. The van der Waals surface area contributed by atoms with Crippen molar-refractivity contribution in [1.29, 1.82) is 0 Å². The lowest BCUT2D eigenvalue weighted by atomic mass is 9.94. The zero-order valence-electron chi connectivity index (χ0n) is 18.9. The van der Waals surface area contributed by atoms with Crippen LogP contribution in [0, 0.1) is 17.8 Å². The fourth-order valence-electron chi connectivity index (χ4n) is 4.26. The number of amides is 4. The second kappa shape index (κ2) is 10.0. The maximum Gasteiger partial charge on any atom is 0.245 e. The van der Waals surface area contributed by atoms with E-state index in [-0.39, 0.29) is 48.4 Å². The van der Waals surface area contributed by atoms with Gasteiger partial charge in [0.1, 0.15) is 11.8 Å². The number of nitrogens with one attached hydrogen (secondary N) is 1. The van der Waals surface area contributed by atoms with E-state index in [2.05, 4.69) is 5.32 Å². The van der Waals surface area contributed by atoms with Crippen molar-refractivity contribution in [2.24, 2.45) is 23.5 Å². The summed E-state index contributed by atoms with van der Waals surface area (Å²) in [4.78, 5) is 53.2. The number of rotatable bonds is 7. The standard InChI is InChI=1S/C23H32N4O5/c1-14(2)20(23(31)26-10-8-15(9-11-26)21(24)29)25-22(30)16-12-19(28)27(13-16)17-4-6-18(32-3)7-5-17/h4-7,14-16,20H,8-13H2,1-3H3,(H2,24,29)(H,25,30). The van der Waals surface area contributed by atoms with Crippen molar-refractivity contribution in [3.8, 4) is 5.75 Å². The van der Waals surface area contributed by atoms with E-state index in [9.17, 15) is 19.2 Å². The van der Waals surface area contributed by atoms with E-state index >= 15 is 0 Å². The van der Waals surface area contributed by atoms with E-state index in [1.54, 1.807) is 41.2 Å².